The number of esters is 1. The molecule has 0 N–H and O–H groups in total. The number of thioether (sulfide) groups is 1. The Balaban J connectivity index is 3.26. The van der Waals surface area contributed by atoms with E-state index in [4.69, 9.17) is 4.74 Å². The van der Waals surface area contributed by atoms with Crippen LogP contribution in [-0.2, 0) is 9.53 Å². The topological polar surface area (TPSA) is 26.3 Å². The SMILES string of the molecule is CCCC(Br)CCSC=CCOC(C)=O. The maximum atomic E-state index is 10.4. The molecule has 0 aliphatic heterocycles. The van der Waals surface area contributed by atoms with E-state index in [0.29, 0.717) is 11.4 Å². The summed E-state index contributed by atoms with van der Waals surface area (Å²) in [6.45, 7) is 4.00. The number of rotatable bonds is 8. The van der Waals surface area contributed by atoms with Crippen LogP contribution in [0.4, 0.5) is 0 Å². The first-order valence-electron chi connectivity index (χ1n) is 5.20. The second-order valence-corrected chi connectivity index (χ2v) is 5.53. The van der Waals surface area contributed by atoms with Crippen molar-refractivity contribution in [3.8, 4) is 0 Å². The van der Waals surface area contributed by atoms with E-state index >= 15 is 0 Å². The van der Waals surface area contributed by atoms with E-state index in [1.807, 2.05) is 11.5 Å². The zero-order chi connectivity index (χ0) is 11.5. The highest BCUT2D eigenvalue weighted by Crippen LogP contribution is 2.16. The van der Waals surface area contributed by atoms with E-state index in [1.165, 1.54) is 26.2 Å². The fourth-order valence-electron chi connectivity index (χ4n) is 0.994. The predicted octanol–water partition coefficient (Wildman–Crippen LogP) is 3.75. The molecule has 0 aliphatic carbocycles. The molecule has 0 amide bonds. The Morgan fingerprint density at radius 1 is 1.53 bits per heavy atom. The summed E-state index contributed by atoms with van der Waals surface area (Å²) in [6.07, 6.45) is 5.51. The summed E-state index contributed by atoms with van der Waals surface area (Å²) in [5, 5.41) is 1.99. The molecule has 88 valence electrons. The van der Waals surface area contributed by atoms with Gasteiger partial charge in [-0.25, -0.2) is 0 Å². The van der Waals surface area contributed by atoms with Gasteiger partial charge >= 0.3 is 5.97 Å². The minimum atomic E-state index is -0.229. The Hall–Kier alpha value is 0.0400. The van der Waals surface area contributed by atoms with E-state index in [9.17, 15) is 4.79 Å². The Kier molecular flexibility index (Phi) is 10.6. The molecular formula is C11H19BrO2S. The summed E-state index contributed by atoms with van der Waals surface area (Å²) >= 11 is 5.39. The van der Waals surface area contributed by atoms with Crippen LogP contribution in [-0.4, -0.2) is 23.2 Å². The molecule has 1 atom stereocenters. The summed E-state index contributed by atoms with van der Waals surface area (Å²) in [4.78, 5) is 11.1. The van der Waals surface area contributed by atoms with Gasteiger partial charge in [-0.05, 0) is 30.1 Å². The predicted molar refractivity (Wildman–Crippen MR) is 70.5 cm³/mol. The first kappa shape index (κ1) is 15.0. The Morgan fingerprint density at radius 3 is 2.87 bits per heavy atom. The van der Waals surface area contributed by atoms with Crippen LogP contribution < -0.4 is 0 Å². The van der Waals surface area contributed by atoms with Crippen molar-refractivity contribution in [2.75, 3.05) is 12.4 Å². The van der Waals surface area contributed by atoms with Crippen LogP contribution >= 0.6 is 27.7 Å². The van der Waals surface area contributed by atoms with Gasteiger partial charge in [0, 0.05) is 11.8 Å². The third kappa shape index (κ3) is 12.0. The van der Waals surface area contributed by atoms with Gasteiger partial charge in [0.05, 0.1) is 0 Å². The summed E-state index contributed by atoms with van der Waals surface area (Å²) < 4.78 is 4.76. The first-order valence-corrected chi connectivity index (χ1v) is 7.17. The van der Waals surface area contributed by atoms with Gasteiger partial charge in [0.1, 0.15) is 6.61 Å². The van der Waals surface area contributed by atoms with Crippen molar-refractivity contribution < 1.29 is 9.53 Å². The Labute approximate surface area is 105 Å². The first-order chi connectivity index (χ1) is 7.16. The van der Waals surface area contributed by atoms with Crippen molar-refractivity contribution in [3.63, 3.8) is 0 Å². The van der Waals surface area contributed by atoms with Crippen LogP contribution in [0.2, 0.25) is 0 Å². The van der Waals surface area contributed by atoms with Crippen LogP contribution in [0.1, 0.15) is 33.1 Å². The van der Waals surface area contributed by atoms with Crippen LogP contribution in [0.5, 0.6) is 0 Å². The summed E-state index contributed by atoms with van der Waals surface area (Å²) in [5.74, 6) is 0.875. The molecule has 0 heterocycles. The van der Waals surface area contributed by atoms with Gasteiger partial charge in [0.25, 0.3) is 0 Å². The van der Waals surface area contributed by atoms with E-state index < -0.39 is 0 Å². The Morgan fingerprint density at radius 2 is 2.27 bits per heavy atom. The number of halogens is 1. The van der Waals surface area contributed by atoms with Gasteiger partial charge in [0.2, 0.25) is 0 Å². The third-order valence-corrected chi connectivity index (χ3v) is 3.50. The van der Waals surface area contributed by atoms with Crippen molar-refractivity contribution in [1.82, 2.24) is 0 Å². The smallest absolute Gasteiger partial charge is 0.302 e. The molecule has 0 spiro atoms. The van der Waals surface area contributed by atoms with Crippen molar-refractivity contribution in [2.45, 2.75) is 37.9 Å². The van der Waals surface area contributed by atoms with E-state index in [0.717, 1.165) is 5.75 Å². The minimum Gasteiger partial charge on any atom is -0.462 e. The molecule has 0 radical (unpaired) electrons. The minimum absolute atomic E-state index is 0.229. The van der Waals surface area contributed by atoms with Gasteiger partial charge in [-0.1, -0.05) is 29.3 Å². The number of carbonyl (C=O) groups is 1. The van der Waals surface area contributed by atoms with E-state index in [-0.39, 0.29) is 5.97 Å². The number of hydrogen-bond donors (Lipinski definition) is 0. The van der Waals surface area contributed by atoms with Crippen LogP contribution in [0, 0.1) is 0 Å². The van der Waals surface area contributed by atoms with E-state index in [2.05, 4.69) is 22.9 Å². The highest BCUT2D eigenvalue weighted by atomic mass is 79.9. The number of alkyl halides is 1. The fourth-order valence-corrected chi connectivity index (χ4v) is 2.76. The highest BCUT2D eigenvalue weighted by Gasteiger charge is 2.00. The molecule has 2 nitrogen and oxygen atoms in total. The summed E-state index contributed by atoms with van der Waals surface area (Å²) in [6, 6.07) is 0. The molecule has 0 rings (SSSR count). The lowest BCUT2D eigenvalue weighted by atomic mass is 10.2. The molecule has 0 saturated heterocycles. The zero-order valence-electron chi connectivity index (χ0n) is 9.37. The average Bonchev–Trinajstić information content (AvgIpc) is 2.16. The lowest BCUT2D eigenvalue weighted by Gasteiger charge is -2.05. The average molecular weight is 295 g/mol. The number of ether oxygens (including phenoxy) is 1. The van der Waals surface area contributed by atoms with Crippen molar-refractivity contribution in [3.05, 3.63) is 11.5 Å². The molecule has 0 saturated carbocycles. The molecule has 0 aromatic carbocycles. The standard InChI is InChI=1S/C11H19BrO2S/c1-3-5-11(12)6-9-15-8-4-7-14-10(2)13/h4,8,11H,3,5-7,9H2,1-2H3. The monoisotopic (exact) mass is 294 g/mol. The maximum absolute atomic E-state index is 10.4. The maximum Gasteiger partial charge on any atom is 0.302 e. The van der Waals surface area contributed by atoms with Gasteiger partial charge in [-0.2, -0.15) is 0 Å². The fraction of sp³-hybridized carbons (Fsp3) is 0.727. The summed E-state index contributed by atoms with van der Waals surface area (Å²) in [7, 11) is 0. The normalized spacial score (nSPS) is 13.0. The quantitative estimate of drug-likeness (QED) is 0.387. The van der Waals surface area contributed by atoms with Crippen molar-refractivity contribution >= 4 is 33.7 Å². The van der Waals surface area contributed by atoms with Crippen LogP contribution in [0.3, 0.4) is 0 Å². The molecule has 0 aromatic rings. The second kappa shape index (κ2) is 10.6. The molecule has 0 fully saturated rings. The van der Waals surface area contributed by atoms with Gasteiger partial charge in [-0.3, -0.25) is 4.79 Å². The second-order valence-electron chi connectivity index (χ2n) is 3.22. The molecule has 15 heavy (non-hydrogen) atoms. The Bertz CT molecular complexity index is 195. The molecule has 1 unspecified atom stereocenters. The molecule has 0 aromatic heterocycles. The molecular weight excluding hydrogens is 276 g/mol. The van der Waals surface area contributed by atoms with Gasteiger partial charge in [-0.15, -0.1) is 11.8 Å². The zero-order valence-corrected chi connectivity index (χ0v) is 11.8. The van der Waals surface area contributed by atoms with Gasteiger partial charge < -0.3 is 4.74 Å². The molecule has 4 heteroatoms. The van der Waals surface area contributed by atoms with E-state index in [1.54, 1.807) is 11.8 Å². The molecule has 0 aliphatic rings. The molecule has 0 bridgehead atoms. The van der Waals surface area contributed by atoms with Crippen LogP contribution in [0.15, 0.2) is 11.5 Å². The number of carbonyl (C=O) groups excluding carboxylic acids is 1. The van der Waals surface area contributed by atoms with Crippen LogP contribution in [0.25, 0.3) is 0 Å². The highest BCUT2D eigenvalue weighted by molar-refractivity contribution is 9.09. The lowest BCUT2D eigenvalue weighted by Crippen LogP contribution is -1.98. The van der Waals surface area contributed by atoms with Gasteiger partial charge in [0.15, 0.2) is 0 Å². The number of hydrogen-bond acceptors (Lipinski definition) is 3. The summed E-state index contributed by atoms with van der Waals surface area (Å²) in [5.41, 5.74) is 0. The lowest BCUT2D eigenvalue weighted by molar-refractivity contribution is -0.139. The van der Waals surface area contributed by atoms with Crippen molar-refractivity contribution in [1.29, 1.82) is 0 Å². The largest absolute Gasteiger partial charge is 0.462 e. The third-order valence-electron chi connectivity index (χ3n) is 1.73. The van der Waals surface area contributed by atoms with Crippen molar-refractivity contribution in [2.24, 2.45) is 0 Å².